The van der Waals surface area contributed by atoms with Crippen molar-refractivity contribution >= 4 is 28.5 Å². The zero-order valence-electron chi connectivity index (χ0n) is 15.5. The van der Waals surface area contributed by atoms with Crippen molar-refractivity contribution in [1.29, 1.82) is 0 Å². The van der Waals surface area contributed by atoms with Crippen molar-refractivity contribution < 1.29 is 22.7 Å². The summed E-state index contributed by atoms with van der Waals surface area (Å²) in [4.78, 5) is 10.7. The van der Waals surface area contributed by atoms with Crippen molar-refractivity contribution in [3.8, 4) is 10.6 Å². The highest BCUT2D eigenvalue weighted by atomic mass is 32.1. The van der Waals surface area contributed by atoms with Gasteiger partial charge < -0.3 is 19.7 Å². The number of piperazine rings is 1. The van der Waals surface area contributed by atoms with Crippen LogP contribution in [-0.4, -0.2) is 46.4 Å². The molecule has 10 heteroatoms. The van der Waals surface area contributed by atoms with Gasteiger partial charge in [-0.05, 0) is 25.8 Å². The Kier molecular flexibility index (Phi) is 4.17. The molecule has 2 saturated heterocycles. The largest absolute Gasteiger partial charge is 0.423 e. The van der Waals surface area contributed by atoms with Gasteiger partial charge in [-0.2, -0.15) is 18.2 Å². The minimum Gasteiger partial charge on any atom is -0.423 e. The van der Waals surface area contributed by atoms with Crippen LogP contribution in [0, 0.1) is 0 Å². The number of rotatable bonds is 3. The standard InChI is InChI=1S/C19H19F3N4O2S/c1-18(27,19(20,21)22)13-5-4-12(16-23-6-7-29-16)15-14(13)25-17(28-15)26-8-10-2-3-11(9-26)24-10/h4-7,10-11,24,27H,2-3,8-9H2,1H3. The number of hydrogen-bond acceptors (Lipinski definition) is 7. The smallest absolute Gasteiger partial charge is 0.421 e. The second kappa shape index (κ2) is 6.41. The number of oxazole rings is 1. The van der Waals surface area contributed by atoms with Gasteiger partial charge in [0.25, 0.3) is 6.01 Å². The highest BCUT2D eigenvalue weighted by Gasteiger charge is 2.52. The molecule has 2 aliphatic heterocycles. The van der Waals surface area contributed by atoms with Gasteiger partial charge in [-0.1, -0.05) is 6.07 Å². The average molecular weight is 424 g/mol. The highest BCUT2D eigenvalue weighted by Crippen LogP contribution is 2.44. The zero-order chi connectivity index (χ0) is 20.4. The van der Waals surface area contributed by atoms with E-state index in [2.05, 4.69) is 15.3 Å². The molecule has 0 radical (unpaired) electrons. The Balaban J connectivity index is 1.68. The van der Waals surface area contributed by atoms with Crippen molar-refractivity contribution in [1.82, 2.24) is 15.3 Å². The molecule has 3 aromatic rings. The summed E-state index contributed by atoms with van der Waals surface area (Å²) in [5.41, 5.74) is -2.59. The zero-order valence-corrected chi connectivity index (χ0v) is 16.3. The highest BCUT2D eigenvalue weighted by molar-refractivity contribution is 7.13. The predicted octanol–water partition coefficient (Wildman–Crippen LogP) is 3.66. The summed E-state index contributed by atoms with van der Waals surface area (Å²) in [6.45, 7) is 2.10. The molecule has 1 aromatic carbocycles. The molecule has 5 rings (SSSR count). The van der Waals surface area contributed by atoms with Gasteiger partial charge in [-0.15, -0.1) is 11.3 Å². The van der Waals surface area contributed by atoms with Crippen LogP contribution < -0.4 is 10.2 Å². The number of alkyl halides is 3. The van der Waals surface area contributed by atoms with Crippen LogP contribution in [0.3, 0.4) is 0 Å². The summed E-state index contributed by atoms with van der Waals surface area (Å²) in [6.07, 6.45) is -1.12. The molecule has 2 N–H and O–H groups in total. The number of hydrogen-bond donors (Lipinski definition) is 2. The first-order chi connectivity index (χ1) is 13.7. The van der Waals surface area contributed by atoms with E-state index in [1.165, 1.54) is 23.5 Å². The van der Waals surface area contributed by atoms with E-state index in [0.29, 0.717) is 35.7 Å². The average Bonchev–Trinajstić information content (AvgIpc) is 3.39. The van der Waals surface area contributed by atoms with Gasteiger partial charge in [-0.25, -0.2) is 4.98 Å². The van der Waals surface area contributed by atoms with E-state index >= 15 is 0 Å². The van der Waals surface area contributed by atoms with Crippen LogP contribution in [0.1, 0.15) is 25.3 Å². The lowest BCUT2D eigenvalue weighted by Gasteiger charge is -2.31. The molecule has 3 unspecified atom stereocenters. The van der Waals surface area contributed by atoms with E-state index in [-0.39, 0.29) is 22.7 Å². The molecule has 0 amide bonds. The van der Waals surface area contributed by atoms with Crippen molar-refractivity contribution in [3.63, 3.8) is 0 Å². The third-order valence-corrected chi connectivity index (χ3v) is 6.56. The van der Waals surface area contributed by atoms with Crippen LogP contribution in [0.25, 0.3) is 21.7 Å². The SMILES string of the molecule is CC(O)(c1ccc(-c2nccs2)c2oc(N3CC4CCC(C3)N4)nc12)C(F)(F)F. The lowest BCUT2D eigenvalue weighted by molar-refractivity contribution is -0.258. The van der Waals surface area contributed by atoms with Gasteiger partial charge in [0, 0.05) is 42.3 Å². The van der Waals surface area contributed by atoms with Crippen LogP contribution >= 0.6 is 11.3 Å². The van der Waals surface area contributed by atoms with Gasteiger partial charge in [-0.3, -0.25) is 0 Å². The normalized spacial score (nSPS) is 24.2. The van der Waals surface area contributed by atoms with E-state index in [4.69, 9.17) is 4.42 Å². The van der Waals surface area contributed by atoms with E-state index in [0.717, 1.165) is 19.8 Å². The van der Waals surface area contributed by atoms with E-state index < -0.39 is 11.8 Å². The fourth-order valence-electron chi connectivity index (χ4n) is 4.15. The summed E-state index contributed by atoms with van der Waals surface area (Å²) in [6, 6.07) is 3.69. The Morgan fingerprint density at radius 2 is 1.97 bits per heavy atom. The summed E-state index contributed by atoms with van der Waals surface area (Å²) in [7, 11) is 0. The maximum atomic E-state index is 13.6. The maximum absolute atomic E-state index is 13.6. The molecular weight excluding hydrogens is 405 g/mol. The van der Waals surface area contributed by atoms with Gasteiger partial charge in [0.2, 0.25) is 0 Å². The molecule has 4 heterocycles. The van der Waals surface area contributed by atoms with Gasteiger partial charge >= 0.3 is 6.18 Å². The Hall–Kier alpha value is -2.17. The fraction of sp³-hybridized carbons (Fsp3) is 0.474. The molecule has 3 atom stereocenters. The van der Waals surface area contributed by atoms with Crippen molar-refractivity contribution in [2.75, 3.05) is 18.0 Å². The first-order valence-corrected chi connectivity index (χ1v) is 10.3. The van der Waals surface area contributed by atoms with Gasteiger partial charge in [0.1, 0.15) is 10.5 Å². The summed E-state index contributed by atoms with van der Waals surface area (Å²) in [5.74, 6) is 0. The number of thiazole rings is 1. The number of fused-ring (bicyclic) bond motifs is 3. The van der Waals surface area contributed by atoms with Gasteiger partial charge in [0.05, 0.1) is 5.56 Å². The summed E-state index contributed by atoms with van der Waals surface area (Å²) < 4.78 is 46.7. The molecule has 2 fully saturated rings. The fourth-order valence-corrected chi connectivity index (χ4v) is 4.81. The van der Waals surface area contributed by atoms with E-state index in [9.17, 15) is 18.3 Å². The third kappa shape index (κ3) is 3.01. The Morgan fingerprint density at radius 3 is 2.59 bits per heavy atom. The quantitative estimate of drug-likeness (QED) is 0.669. The second-order valence-corrected chi connectivity index (χ2v) is 8.68. The predicted molar refractivity (Wildman–Crippen MR) is 103 cm³/mol. The lowest BCUT2D eigenvalue weighted by Crippen LogP contribution is -2.51. The summed E-state index contributed by atoms with van der Waals surface area (Å²) >= 11 is 1.36. The molecule has 2 bridgehead atoms. The Morgan fingerprint density at radius 1 is 1.24 bits per heavy atom. The first kappa shape index (κ1) is 18.8. The second-order valence-electron chi connectivity index (χ2n) is 7.78. The molecular formula is C19H19F3N4O2S. The molecule has 0 aliphatic carbocycles. The maximum Gasteiger partial charge on any atom is 0.421 e. The number of nitrogens with one attached hydrogen (secondary N) is 1. The first-order valence-electron chi connectivity index (χ1n) is 9.38. The minimum absolute atomic E-state index is 0.0147. The van der Waals surface area contributed by atoms with Crippen LogP contribution in [0.4, 0.5) is 19.2 Å². The topological polar surface area (TPSA) is 74.4 Å². The monoisotopic (exact) mass is 424 g/mol. The number of aliphatic hydroxyl groups is 1. The molecule has 154 valence electrons. The number of aromatic nitrogens is 2. The Labute approximate surface area is 168 Å². The van der Waals surface area contributed by atoms with Crippen molar-refractivity contribution in [3.05, 3.63) is 29.3 Å². The molecule has 29 heavy (non-hydrogen) atoms. The molecule has 2 aliphatic rings. The molecule has 6 nitrogen and oxygen atoms in total. The minimum atomic E-state index is -4.85. The lowest BCUT2D eigenvalue weighted by atomic mass is 9.93. The van der Waals surface area contributed by atoms with E-state index in [1.807, 2.05) is 4.90 Å². The van der Waals surface area contributed by atoms with Crippen LogP contribution in [0.5, 0.6) is 0 Å². The molecule has 0 saturated carbocycles. The van der Waals surface area contributed by atoms with E-state index in [1.54, 1.807) is 11.6 Å². The van der Waals surface area contributed by atoms with Crippen LogP contribution in [0.15, 0.2) is 28.1 Å². The van der Waals surface area contributed by atoms with Crippen LogP contribution in [0.2, 0.25) is 0 Å². The Bertz CT molecular complexity index is 1040. The van der Waals surface area contributed by atoms with Crippen molar-refractivity contribution in [2.45, 2.75) is 43.6 Å². The third-order valence-electron chi connectivity index (χ3n) is 5.76. The molecule has 0 spiro atoms. The summed E-state index contributed by atoms with van der Waals surface area (Å²) in [5, 5.41) is 16.2. The number of benzene rings is 1. The van der Waals surface area contributed by atoms with Crippen LogP contribution in [-0.2, 0) is 5.60 Å². The number of nitrogens with zero attached hydrogens (tertiary/aromatic N) is 3. The van der Waals surface area contributed by atoms with Crippen molar-refractivity contribution in [2.24, 2.45) is 0 Å². The molecule has 2 aromatic heterocycles. The van der Waals surface area contributed by atoms with Gasteiger partial charge in [0.15, 0.2) is 11.2 Å². The number of halogens is 3. The number of anilines is 1.